The lowest BCUT2D eigenvalue weighted by Gasteiger charge is -2.34. The minimum atomic E-state index is -3.24. The lowest BCUT2D eigenvalue weighted by atomic mass is 10.1. The van der Waals surface area contributed by atoms with E-state index in [2.05, 4.69) is 46.4 Å². The first-order valence-electron chi connectivity index (χ1n) is 10.8. The molecule has 2 aromatic carbocycles. The molecule has 2 heterocycles. The quantitative estimate of drug-likeness (QED) is 0.769. The molecule has 2 aliphatic heterocycles. The molecule has 0 unspecified atom stereocenters. The number of amides is 1. The van der Waals surface area contributed by atoms with Gasteiger partial charge in [-0.15, -0.1) is 0 Å². The topological polar surface area (TPSA) is 73.0 Å². The molecule has 2 aliphatic rings. The van der Waals surface area contributed by atoms with Crippen molar-refractivity contribution in [2.24, 2.45) is 0 Å². The Hall–Kier alpha value is -2.58. The van der Waals surface area contributed by atoms with Crippen molar-refractivity contribution in [2.45, 2.75) is 19.4 Å². The molecule has 0 saturated carbocycles. The van der Waals surface area contributed by atoms with Gasteiger partial charge in [0.15, 0.2) is 0 Å². The second kappa shape index (κ2) is 9.28. The Morgan fingerprint density at radius 1 is 0.871 bits per heavy atom. The normalized spacial score (nSPS) is 19.3. The van der Waals surface area contributed by atoms with Crippen molar-refractivity contribution < 1.29 is 13.2 Å². The molecule has 0 spiro atoms. The van der Waals surface area contributed by atoms with Crippen molar-refractivity contribution >= 4 is 27.3 Å². The van der Waals surface area contributed by atoms with Crippen LogP contribution in [0.5, 0.6) is 0 Å². The Morgan fingerprint density at radius 3 is 2.16 bits per heavy atom. The number of carbonyl (C=O) groups is 1. The third-order valence-corrected chi connectivity index (χ3v) is 7.89. The van der Waals surface area contributed by atoms with E-state index in [0.29, 0.717) is 30.8 Å². The van der Waals surface area contributed by atoms with Crippen LogP contribution in [0.25, 0.3) is 0 Å². The van der Waals surface area contributed by atoms with Crippen molar-refractivity contribution in [2.75, 3.05) is 54.7 Å². The molecule has 1 amide bonds. The van der Waals surface area contributed by atoms with E-state index in [1.54, 1.807) is 24.3 Å². The van der Waals surface area contributed by atoms with E-state index in [1.165, 1.54) is 9.99 Å². The summed E-state index contributed by atoms with van der Waals surface area (Å²) in [6, 6.07) is 15.1. The van der Waals surface area contributed by atoms with Gasteiger partial charge in [0.1, 0.15) is 0 Å². The first-order chi connectivity index (χ1) is 14.9. The van der Waals surface area contributed by atoms with Gasteiger partial charge in [-0.3, -0.25) is 9.10 Å². The minimum absolute atomic E-state index is 0.170. The number of piperazine rings is 1. The summed E-state index contributed by atoms with van der Waals surface area (Å²) >= 11 is 0. The zero-order valence-corrected chi connectivity index (χ0v) is 18.8. The third-order valence-electron chi connectivity index (χ3n) is 6.02. The molecule has 7 nitrogen and oxygen atoms in total. The second-order valence-electron chi connectivity index (χ2n) is 8.28. The maximum Gasteiger partial charge on any atom is 0.251 e. The first kappa shape index (κ1) is 21.6. The number of nitrogens with one attached hydrogen (secondary N) is 1. The summed E-state index contributed by atoms with van der Waals surface area (Å²) < 4.78 is 25.9. The molecule has 0 radical (unpaired) electrons. The molecule has 166 valence electrons. The van der Waals surface area contributed by atoms with Crippen LogP contribution >= 0.6 is 0 Å². The molecule has 8 heteroatoms. The summed E-state index contributed by atoms with van der Waals surface area (Å²) in [7, 11) is -1.10. The Kier molecular flexibility index (Phi) is 6.48. The van der Waals surface area contributed by atoms with Gasteiger partial charge in [-0.1, -0.05) is 12.1 Å². The lowest BCUT2D eigenvalue weighted by Crippen LogP contribution is -2.44. The van der Waals surface area contributed by atoms with E-state index in [-0.39, 0.29) is 11.7 Å². The van der Waals surface area contributed by atoms with Gasteiger partial charge in [0, 0.05) is 50.5 Å². The average Bonchev–Trinajstić information content (AvgIpc) is 2.78. The van der Waals surface area contributed by atoms with Gasteiger partial charge in [0.25, 0.3) is 5.91 Å². The van der Waals surface area contributed by atoms with Crippen molar-refractivity contribution in [3.05, 3.63) is 59.7 Å². The highest BCUT2D eigenvalue weighted by Crippen LogP contribution is 2.24. The van der Waals surface area contributed by atoms with Crippen molar-refractivity contribution in [1.29, 1.82) is 0 Å². The monoisotopic (exact) mass is 442 g/mol. The number of benzene rings is 2. The number of hydrogen-bond donors (Lipinski definition) is 1. The molecule has 0 atom stereocenters. The molecule has 2 fully saturated rings. The summed E-state index contributed by atoms with van der Waals surface area (Å²) in [4.78, 5) is 17.2. The lowest BCUT2D eigenvalue weighted by molar-refractivity contribution is 0.0951. The van der Waals surface area contributed by atoms with Crippen LogP contribution in [0.3, 0.4) is 0 Å². The Morgan fingerprint density at radius 2 is 1.52 bits per heavy atom. The summed E-state index contributed by atoms with van der Waals surface area (Å²) in [5, 5.41) is 2.94. The van der Waals surface area contributed by atoms with Crippen LogP contribution in [-0.4, -0.2) is 64.7 Å². The van der Waals surface area contributed by atoms with Gasteiger partial charge in [-0.25, -0.2) is 8.42 Å². The zero-order chi connectivity index (χ0) is 21.8. The van der Waals surface area contributed by atoms with E-state index in [0.717, 1.165) is 38.2 Å². The van der Waals surface area contributed by atoms with Gasteiger partial charge in [-0.2, -0.15) is 0 Å². The molecule has 1 N–H and O–H groups in total. The predicted octanol–water partition coefficient (Wildman–Crippen LogP) is 2.30. The second-order valence-corrected chi connectivity index (χ2v) is 10.3. The summed E-state index contributed by atoms with van der Waals surface area (Å²) in [6.07, 6.45) is 1.56. The van der Waals surface area contributed by atoms with E-state index < -0.39 is 10.0 Å². The van der Waals surface area contributed by atoms with Crippen molar-refractivity contribution in [3.8, 4) is 0 Å². The number of carbonyl (C=O) groups excluding carboxylic acids is 1. The summed E-state index contributed by atoms with van der Waals surface area (Å²) in [5.74, 6) is 0.0132. The van der Waals surface area contributed by atoms with Crippen LogP contribution in [0.1, 0.15) is 28.8 Å². The molecule has 0 aromatic heterocycles. The van der Waals surface area contributed by atoms with Gasteiger partial charge in [-0.05, 0) is 61.9 Å². The summed E-state index contributed by atoms with van der Waals surface area (Å²) in [5.41, 5.74) is 3.40. The minimum Gasteiger partial charge on any atom is -0.369 e. The number of likely N-dealkylation sites (N-methyl/N-ethyl adjacent to an activating group) is 1. The highest BCUT2D eigenvalue weighted by atomic mass is 32.2. The molecule has 31 heavy (non-hydrogen) atoms. The fourth-order valence-electron chi connectivity index (χ4n) is 4.03. The molecular formula is C23H30N4O3S. The van der Waals surface area contributed by atoms with Gasteiger partial charge >= 0.3 is 0 Å². The number of nitrogens with zero attached hydrogens (tertiary/aromatic N) is 3. The first-order valence-corrected chi connectivity index (χ1v) is 12.4. The van der Waals surface area contributed by atoms with Crippen molar-refractivity contribution in [3.63, 3.8) is 0 Å². The zero-order valence-electron chi connectivity index (χ0n) is 18.0. The fourth-order valence-corrected chi connectivity index (χ4v) is 5.67. The van der Waals surface area contributed by atoms with Crippen LogP contribution < -0.4 is 14.5 Å². The molecule has 0 bridgehead atoms. The standard InChI is InChI=1S/C23H30N4O3S/c1-25-13-15-26(16-14-25)21-8-4-19(5-9-21)18-24-23(28)20-6-10-22(11-7-20)27-12-2-3-17-31(27,29)30/h4-11H,2-3,12-18H2,1H3,(H,24,28). The average molecular weight is 443 g/mol. The Balaban J connectivity index is 1.32. The van der Waals surface area contributed by atoms with Gasteiger partial charge in [0.2, 0.25) is 10.0 Å². The van der Waals surface area contributed by atoms with E-state index >= 15 is 0 Å². The van der Waals surface area contributed by atoms with Crippen molar-refractivity contribution in [1.82, 2.24) is 10.2 Å². The largest absolute Gasteiger partial charge is 0.369 e. The molecule has 4 rings (SSSR count). The highest BCUT2D eigenvalue weighted by molar-refractivity contribution is 7.92. The molecular weight excluding hydrogens is 412 g/mol. The predicted molar refractivity (Wildman–Crippen MR) is 124 cm³/mol. The van der Waals surface area contributed by atoms with Crippen LogP contribution in [0.2, 0.25) is 0 Å². The number of sulfonamides is 1. The van der Waals surface area contributed by atoms with E-state index in [9.17, 15) is 13.2 Å². The number of anilines is 2. The maximum absolute atomic E-state index is 12.5. The molecule has 2 aromatic rings. The SMILES string of the molecule is CN1CCN(c2ccc(CNC(=O)c3ccc(N4CCCCS4(=O)=O)cc3)cc2)CC1. The number of hydrogen-bond acceptors (Lipinski definition) is 5. The van der Waals surface area contributed by atoms with Crippen LogP contribution in [-0.2, 0) is 16.6 Å². The van der Waals surface area contributed by atoms with Crippen LogP contribution in [0.4, 0.5) is 11.4 Å². The summed E-state index contributed by atoms with van der Waals surface area (Å²) in [6.45, 7) is 5.14. The van der Waals surface area contributed by atoms with Crippen LogP contribution in [0, 0.1) is 0 Å². The van der Waals surface area contributed by atoms with Gasteiger partial charge in [0.05, 0.1) is 11.4 Å². The Bertz CT molecular complexity index is 998. The maximum atomic E-state index is 12.5. The van der Waals surface area contributed by atoms with E-state index in [4.69, 9.17) is 0 Å². The van der Waals surface area contributed by atoms with Crippen LogP contribution in [0.15, 0.2) is 48.5 Å². The fraction of sp³-hybridized carbons (Fsp3) is 0.435. The van der Waals surface area contributed by atoms with E-state index in [1.807, 2.05) is 0 Å². The molecule has 0 aliphatic carbocycles. The molecule has 2 saturated heterocycles. The Labute approximate surface area is 184 Å². The smallest absolute Gasteiger partial charge is 0.251 e. The third kappa shape index (κ3) is 5.19. The van der Waals surface area contributed by atoms with Gasteiger partial charge < -0.3 is 15.1 Å². The highest BCUT2D eigenvalue weighted by Gasteiger charge is 2.26. The number of rotatable bonds is 5.